The van der Waals surface area contributed by atoms with Crippen molar-refractivity contribution in [2.24, 2.45) is 5.92 Å². The molecule has 0 aromatic heterocycles. The zero-order valence-corrected chi connectivity index (χ0v) is 10.6. The number of carboxylic acids is 1. The Labute approximate surface area is 103 Å². The smallest absolute Gasteiger partial charge is 0.323 e. The minimum Gasteiger partial charge on any atom is -0.480 e. The molecule has 4 heteroatoms. The van der Waals surface area contributed by atoms with Crippen molar-refractivity contribution in [3.63, 3.8) is 0 Å². The van der Waals surface area contributed by atoms with Crippen molar-refractivity contribution in [3.05, 3.63) is 0 Å². The molecule has 1 N–H and O–H groups in total. The summed E-state index contributed by atoms with van der Waals surface area (Å²) >= 11 is 0. The summed E-state index contributed by atoms with van der Waals surface area (Å²) in [5, 5.41) is 9.49. The third-order valence-corrected chi connectivity index (χ3v) is 5.15. The molecule has 0 amide bonds. The first-order valence-electron chi connectivity index (χ1n) is 6.84. The lowest BCUT2D eigenvalue weighted by molar-refractivity contribution is -0.151. The summed E-state index contributed by atoms with van der Waals surface area (Å²) in [4.78, 5) is 16.4. The summed E-state index contributed by atoms with van der Waals surface area (Å²) in [7, 11) is 0. The van der Waals surface area contributed by atoms with Crippen molar-refractivity contribution < 1.29 is 9.90 Å². The van der Waals surface area contributed by atoms with Gasteiger partial charge < -0.3 is 10.0 Å². The molecule has 0 saturated carbocycles. The third kappa shape index (κ3) is 1.69. The predicted octanol–water partition coefficient (Wildman–Crippen LogP) is 1.02. The number of hydrogen-bond acceptors (Lipinski definition) is 3. The van der Waals surface area contributed by atoms with E-state index in [0.717, 1.165) is 32.4 Å². The number of aliphatic carboxylic acids is 1. The van der Waals surface area contributed by atoms with E-state index in [2.05, 4.69) is 9.80 Å². The van der Waals surface area contributed by atoms with Crippen LogP contribution in [0.3, 0.4) is 0 Å². The highest BCUT2D eigenvalue weighted by molar-refractivity contribution is 5.78. The average Bonchev–Trinajstić information content (AvgIpc) is 2.86. The van der Waals surface area contributed by atoms with Crippen LogP contribution in [-0.2, 0) is 4.79 Å². The Morgan fingerprint density at radius 3 is 2.82 bits per heavy atom. The van der Waals surface area contributed by atoms with Crippen LogP contribution >= 0.6 is 0 Å². The summed E-state index contributed by atoms with van der Waals surface area (Å²) in [5.74, 6) is 0.0796. The van der Waals surface area contributed by atoms with Crippen molar-refractivity contribution in [1.82, 2.24) is 9.80 Å². The van der Waals surface area contributed by atoms with E-state index in [9.17, 15) is 9.90 Å². The van der Waals surface area contributed by atoms with Crippen LogP contribution < -0.4 is 0 Å². The lowest BCUT2D eigenvalue weighted by Gasteiger charge is -2.43. The largest absolute Gasteiger partial charge is 0.480 e. The molecule has 3 saturated heterocycles. The fourth-order valence-electron chi connectivity index (χ4n) is 4.09. The number of piperidine rings is 1. The van der Waals surface area contributed by atoms with E-state index in [-0.39, 0.29) is 0 Å². The number of hydrogen-bond donors (Lipinski definition) is 1. The van der Waals surface area contributed by atoms with Gasteiger partial charge in [0, 0.05) is 12.6 Å². The van der Waals surface area contributed by atoms with Gasteiger partial charge in [0.25, 0.3) is 0 Å². The van der Waals surface area contributed by atoms with E-state index in [4.69, 9.17) is 0 Å². The maximum Gasteiger partial charge on any atom is 0.323 e. The van der Waals surface area contributed by atoms with Gasteiger partial charge in [0.1, 0.15) is 5.54 Å². The van der Waals surface area contributed by atoms with Gasteiger partial charge in [-0.3, -0.25) is 9.69 Å². The summed E-state index contributed by atoms with van der Waals surface area (Å²) in [6, 6.07) is 0.511. The van der Waals surface area contributed by atoms with Crippen molar-refractivity contribution in [2.75, 3.05) is 26.2 Å². The van der Waals surface area contributed by atoms with Crippen molar-refractivity contribution in [1.29, 1.82) is 0 Å². The Kier molecular flexibility index (Phi) is 2.67. The van der Waals surface area contributed by atoms with Crippen LogP contribution in [-0.4, -0.2) is 58.6 Å². The first-order valence-corrected chi connectivity index (χ1v) is 6.84. The molecule has 3 aliphatic heterocycles. The second kappa shape index (κ2) is 3.95. The monoisotopic (exact) mass is 238 g/mol. The van der Waals surface area contributed by atoms with Crippen molar-refractivity contribution >= 4 is 5.97 Å². The maximum absolute atomic E-state index is 11.5. The Balaban J connectivity index is 1.81. The lowest BCUT2D eigenvalue weighted by Crippen LogP contribution is -2.56. The lowest BCUT2D eigenvalue weighted by atomic mass is 9.89. The summed E-state index contributed by atoms with van der Waals surface area (Å²) in [6.45, 7) is 6.47. The number of rotatable bonds is 2. The average molecular weight is 238 g/mol. The molecule has 4 nitrogen and oxygen atoms in total. The molecule has 17 heavy (non-hydrogen) atoms. The molecular formula is C13H22N2O2. The topological polar surface area (TPSA) is 43.8 Å². The summed E-state index contributed by atoms with van der Waals surface area (Å²) in [6.07, 6.45) is 4.27. The van der Waals surface area contributed by atoms with Gasteiger partial charge in [-0.15, -0.1) is 0 Å². The minimum atomic E-state index is -0.629. The molecule has 0 aromatic carbocycles. The van der Waals surface area contributed by atoms with Crippen molar-refractivity contribution in [3.8, 4) is 0 Å². The van der Waals surface area contributed by atoms with E-state index in [1.54, 1.807) is 0 Å². The quantitative estimate of drug-likeness (QED) is 0.780. The van der Waals surface area contributed by atoms with Gasteiger partial charge in [0.05, 0.1) is 0 Å². The normalized spacial score (nSPS) is 46.3. The second-order valence-corrected chi connectivity index (χ2v) is 6.08. The van der Waals surface area contributed by atoms with Gasteiger partial charge in [0.15, 0.2) is 0 Å². The molecule has 0 spiro atoms. The van der Waals surface area contributed by atoms with Crippen molar-refractivity contribution in [2.45, 2.75) is 44.2 Å². The molecule has 3 fully saturated rings. The van der Waals surface area contributed by atoms with E-state index in [1.807, 2.05) is 6.92 Å². The van der Waals surface area contributed by atoms with Crippen LogP contribution in [0.1, 0.15) is 32.6 Å². The molecule has 4 atom stereocenters. The highest BCUT2D eigenvalue weighted by Gasteiger charge is 2.49. The molecule has 96 valence electrons. The van der Waals surface area contributed by atoms with Gasteiger partial charge in [0.2, 0.25) is 0 Å². The first-order chi connectivity index (χ1) is 8.11. The molecule has 3 heterocycles. The second-order valence-electron chi connectivity index (χ2n) is 6.08. The van der Waals surface area contributed by atoms with E-state index in [1.165, 1.54) is 19.5 Å². The molecule has 2 bridgehead atoms. The van der Waals surface area contributed by atoms with Crippen LogP contribution in [0.5, 0.6) is 0 Å². The van der Waals surface area contributed by atoms with Gasteiger partial charge in [-0.2, -0.15) is 0 Å². The Hall–Kier alpha value is -0.610. The molecule has 3 rings (SSSR count). The summed E-state index contributed by atoms with van der Waals surface area (Å²) < 4.78 is 0. The number of carboxylic acid groups (broad SMARTS) is 1. The zero-order chi connectivity index (χ0) is 12.0. The molecular weight excluding hydrogens is 216 g/mol. The van der Waals surface area contributed by atoms with Gasteiger partial charge in [-0.1, -0.05) is 0 Å². The predicted molar refractivity (Wildman–Crippen MR) is 64.9 cm³/mol. The highest BCUT2D eigenvalue weighted by Crippen LogP contribution is 2.39. The van der Waals surface area contributed by atoms with Crippen LogP contribution in [0.4, 0.5) is 0 Å². The minimum absolute atomic E-state index is 0.511. The summed E-state index contributed by atoms with van der Waals surface area (Å²) in [5.41, 5.74) is -0.602. The van der Waals surface area contributed by atoms with Gasteiger partial charge >= 0.3 is 5.97 Å². The Morgan fingerprint density at radius 1 is 1.29 bits per heavy atom. The number of carbonyl (C=O) groups is 1. The Bertz CT molecular complexity index is 333. The van der Waals surface area contributed by atoms with Crippen LogP contribution in [0.2, 0.25) is 0 Å². The molecule has 3 aliphatic rings. The van der Waals surface area contributed by atoms with Crippen LogP contribution in [0, 0.1) is 5.92 Å². The van der Waals surface area contributed by atoms with E-state index in [0.29, 0.717) is 12.0 Å². The van der Waals surface area contributed by atoms with Gasteiger partial charge in [-0.25, -0.2) is 0 Å². The fraction of sp³-hybridized carbons (Fsp3) is 0.923. The molecule has 0 aliphatic carbocycles. The van der Waals surface area contributed by atoms with E-state index < -0.39 is 11.5 Å². The van der Waals surface area contributed by atoms with E-state index >= 15 is 0 Å². The highest BCUT2D eigenvalue weighted by atomic mass is 16.4. The number of likely N-dealkylation sites (tertiary alicyclic amines) is 1. The maximum atomic E-state index is 11.5. The number of fused-ring (bicyclic) bond motifs is 2. The zero-order valence-electron chi connectivity index (χ0n) is 10.6. The molecule has 4 unspecified atom stereocenters. The molecule has 0 aromatic rings. The number of nitrogens with zero attached hydrogens (tertiary/aromatic N) is 2. The van der Waals surface area contributed by atoms with Crippen LogP contribution in [0.15, 0.2) is 0 Å². The Morgan fingerprint density at radius 2 is 2.06 bits per heavy atom. The SMILES string of the molecule is CC1(C(=O)O)CCCN1C1CCN2CCC1C2. The third-order valence-electron chi connectivity index (χ3n) is 5.15. The van der Waals surface area contributed by atoms with Gasteiger partial charge in [-0.05, 0) is 58.2 Å². The first kappa shape index (κ1) is 11.5. The molecule has 0 radical (unpaired) electrons. The standard InChI is InChI=1S/C13H22N2O2/c1-13(12(16)17)5-2-6-15(13)11-4-8-14-7-3-10(11)9-14/h10-11H,2-9H2,1H3,(H,16,17). The van der Waals surface area contributed by atoms with Crippen LogP contribution in [0.25, 0.3) is 0 Å². The fourth-order valence-corrected chi connectivity index (χ4v) is 4.09.